The highest BCUT2D eigenvalue weighted by Gasteiger charge is 2.32. The minimum absolute atomic E-state index is 0.00135. The van der Waals surface area contributed by atoms with Crippen molar-refractivity contribution >= 4 is 66.7 Å². The average molecular weight is 671 g/mol. The third-order valence-corrected chi connectivity index (χ3v) is 8.89. The van der Waals surface area contributed by atoms with Crippen LogP contribution in [0, 0.1) is 0 Å². The molecule has 0 fully saturated rings. The first-order valence-corrected chi connectivity index (χ1v) is 15.5. The van der Waals surface area contributed by atoms with Crippen LogP contribution in [-0.2, 0) is 26.2 Å². The van der Waals surface area contributed by atoms with Crippen molar-refractivity contribution in [3.8, 4) is 5.75 Å². The molecule has 1 atom stereocenters. The van der Waals surface area contributed by atoms with Crippen LogP contribution in [0.15, 0.2) is 76.1 Å². The monoisotopic (exact) mass is 669 g/mol. The molecule has 0 heterocycles. The molecular formula is C28H30BrCl2N3O5S. The molecule has 3 aromatic rings. The number of nitrogens with zero attached hydrogens (tertiary/aromatic N) is 2. The Morgan fingerprint density at radius 3 is 2.23 bits per heavy atom. The van der Waals surface area contributed by atoms with Gasteiger partial charge in [0.05, 0.1) is 17.2 Å². The fourth-order valence-electron chi connectivity index (χ4n) is 3.88. The van der Waals surface area contributed by atoms with Gasteiger partial charge in [0.15, 0.2) is 0 Å². The maximum Gasteiger partial charge on any atom is 0.264 e. The Bertz CT molecular complexity index is 1440. The van der Waals surface area contributed by atoms with Gasteiger partial charge in [-0.25, -0.2) is 8.42 Å². The Hall–Kier alpha value is -2.79. The number of ether oxygens (including phenoxy) is 1. The second-order valence-electron chi connectivity index (χ2n) is 8.72. The molecule has 0 bridgehead atoms. The minimum atomic E-state index is -4.19. The number of sulfonamides is 1. The van der Waals surface area contributed by atoms with E-state index in [0.717, 1.165) is 4.31 Å². The lowest BCUT2D eigenvalue weighted by Crippen LogP contribution is -2.51. The highest BCUT2D eigenvalue weighted by Crippen LogP contribution is 2.28. The van der Waals surface area contributed by atoms with E-state index in [2.05, 4.69) is 21.2 Å². The molecule has 2 amide bonds. The predicted molar refractivity (Wildman–Crippen MR) is 161 cm³/mol. The van der Waals surface area contributed by atoms with Gasteiger partial charge in [-0.05, 0) is 87.0 Å². The van der Waals surface area contributed by atoms with E-state index in [1.54, 1.807) is 68.4 Å². The zero-order valence-electron chi connectivity index (χ0n) is 22.2. The number of hydrogen-bond acceptors (Lipinski definition) is 5. The van der Waals surface area contributed by atoms with Crippen LogP contribution >= 0.6 is 39.1 Å². The molecule has 3 rings (SSSR count). The van der Waals surface area contributed by atoms with Gasteiger partial charge in [0, 0.05) is 27.6 Å². The molecule has 0 saturated heterocycles. The van der Waals surface area contributed by atoms with Crippen LogP contribution in [0.3, 0.4) is 0 Å². The molecule has 1 N–H and O–H groups in total. The van der Waals surface area contributed by atoms with E-state index in [4.69, 9.17) is 27.9 Å². The summed E-state index contributed by atoms with van der Waals surface area (Å²) in [4.78, 5) is 28.0. The highest BCUT2D eigenvalue weighted by atomic mass is 79.9. The van der Waals surface area contributed by atoms with Crippen molar-refractivity contribution < 1.29 is 22.7 Å². The summed E-state index contributed by atoms with van der Waals surface area (Å²) >= 11 is 15.7. The molecule has 12 heteroatoms. The fraction of sp³-hybridized carbons (Fsp3) is 0.286. The molecule has 3 aromatic carbocycles. The lowest BCUT2D eigenvalue weighted by molar-refractivity contribution is -0.139. The minimum Gasteiger partial charge on any atom is -0.494 e. The number of carbonyl (C=O) groups excluding carboxylic acids is 2. The first kappa shape index (κ1) is 31.7. The maximum atomic E-state index is 13.9. The Morgan fingerprint density at radius 2 is 1.65 bits per heavy atom. The largest absolute Gasteiger partial charge is 0.494 e. The van der Waals surface area contributed by atoms with Crippen LogP contribution in [0.1, 0.15) is 26.3 Å². The van der Waals surface area contributed by atoms with Crippen LogP contribution in [0.25, 0.3) is 0 Å². The van der Waals surface area contributed by atoms with Gasteiger partial charge < -0.3 is 15.0 Å². The van der Waals surface area contributed by atoms with Gasteiger partial charge in [-0.15, -0.1) is 0 Å². The third-order valence-electron chi connectivity index (χ3n) is 5.99. The Balaban J connectivity index is 2.05. The molecule has 0 aliphatic rings. The third kappa shape index (κ3) is 7.90. The van der Waals surface area contributed by atoms with E-state index in [-0.39, 0.29) is 23.0 Å². The fourth-order valence-corrected chi connectivity index (χ4v) is 6.02. The summed E-state index contributed by atoms with van der Waals surface area (Å²) < 4.78 is 34.9. The number of halogens is 3. The number of hydrogen-bond donors (Lipinski definition) is 1. The van der Waals surface area contributed by atoms with Crippen molar-refractivity contribution in [2.75, 3.05) is 24.0 Å². The molecule has 8 nitrogen and oxygen atoms in total. The van der Waals surface area contributed by atoms with Gasteiger partial charge in [-0.3, -0.25) is 13.9 Å². The summed E-state index contributed by atoms with van der Waals surface area (Å²) in [5.41, 5.74) is 0.814. The van der Waals surface area contributed by atoms with E-state index < -0.39 is 28.5 Å². The molecule has 0 radical (unpaired) electrons. The second kappa shape index (κ2) is 14.2. The van der Waals surface area contributed by atoms with Crippen molar-refractivity contribution in [2.45, 2.75) is 38.3 Å². The van der Waals surface area contributed by atoms with Crippen LogP contribution in [0.2, 0.25) is 10.0 Å². The number of likely N-dealkylation sites (N-methyl/N-ethyl adjacent to an activating group) is 1. The standard InChI is InChI=1S/C28H30BrCl2N3O5S/c1-4-32-28(36)19(3)33(17-20-6-9-22(30)16-26(20)31)27(35)18-34(23-10-12-24(13-11-23)39-5-2)40(37,38)25-14-7-21(29)8-15-25/h6-16,19H,4-5,17-18H2,1-3H3,(H,32,36). The summed E-state index contributed by atoms with van der Waals surface area (Å²) in [6, 6.07) is 16.5. The number of anilines is 1. The SMILES string of the molecule is CCNC(=O)C(C)N(Cc1ccc(Cl)cc1Cl)C(=O)CN(c1ccc(OCC)cc1)S(=O)(=O)c1ccc(Br)cc1. The molecule has 40 heavy (non-hydrogen) atoms. The Morgan fingerprint density at radius 1 is 1.00 bits per heavy atom. The van der Waals surface area contributed by atoms with E-state index in [0.29, 0.717) is 39.0 Å². The number of rotatable bonds is 12. The second-order valence-corrected chi connectivity index (χ2v) is 12.3. The number of benzene rings is 3. The van der Waals surface area contributed by atoms with Gasteiger partial charge in [0.25, 0.3) is 10.0 Å². The lowest BCUT2D eigenvalue weighted by atomic mass is 10.1. The summed E-state index contributed by atoms with van der Waals surface area (Å²) in [7, 11) is -4.19. The van der Waals surface area contributed by atoms with E-state index >= 15 is 0 Å². The molecule has 1 unspecified atom stereocenters. The first-order chi connectivity index (χ1) is 19.0. The molecule has 0 aliphatic carbocycles. The summed E-state index contributed by atoms with van der Waals surface area (Å²) in [5, 5.41) is 3.46. The van der Waals surface area contributed by atoms with E-state index in [1.807, 2.05) is 6.92 Å². The molecular weight excluding hydrogens is 641 g/mol. The zero-order valence-corrected chi connectivity index (χ0v) is 26.1. The van der Waals surface area contributed by atoms with Crippen LogP contribution in [-0.4, -0.2) is 50.9 Å². The summed E-state index contributed by atoms with van der Waals surface area (Å²) in [6.45, 7) is 5.39. The summed E-state index contributed by atoms with van der Waals surface area (Å²) in [5.74, 6) is -0.425. The lowest BCUT2D eigenvalue weighted by Gasteiger charge is -2.32. The zero-order chi connectivity index (χ0) is 29.4. The number of nitrogens with one attached hydrogen (secondary N) is 1. The topological polar surface area (TPSA) is 96.0 Å². The maximum absolute atomic E-state index is 13.9. The van der Waals surface area contributed by atoms with Crippen molar-refractivity contribution in [1.29, 1.82) is 0 Å². The van der Waals surface area contributed by atoms with Gasteiger partial charge in [0.1, 0.15) is 18.3 Å². The van der Waals surface area contributed by atoms with Gasteiger partial charge in [-0.2, -0.15) is 0 Å². The van der Waals surface area contributed by atoms with Crippen LogP contribution in [0.4, 0.5) is 5.69 Å². The van der Waals surface area contributed by atoms with Gasteiger partial charge >= 0.3 is 0 Å². The van der Waals surface area contributed by atoms with Gasteiger partial charge in [-0.1, -0.05) is 45.2 Å². The van der Waals surface area contributed by atoms with Crippen molar-refractivity contribution in [3.05, 3.63) is 86.8 Å². The van der Waals surface area contributed by atoms with Crippen LogP contribution in [0.5, 0.6) is 5.75 Å². The molecule has 0 aromatic heterocycles. The molecule has 214 valence electrons. The molecule has 0 spiro atoms. The Kier molecular flexibility index (Phi) is 11.3. The van der Waals surface area contributed by atoms with Gasteiger partial charge in [0.2, 0.25) is 11.8 Å². The van der Waals surface area contributed by atoms with Crippen molar-refractivity contribution in [1.82, 2.24) is 10.2 Å². The normalized spacial score (nSPS) is 11.9. The first-order valence-electron chi connectivity index (χ1n) is 12.5. The van der Waals surface area contributed by atoms with Crippen molar-refractivity contribution in [3.63, 3.8) is 0 Å². The summed E-state index contributed by atoms with van der Waals surface area (Å²) in [6.07, 6.45) is 0. The number of amides is 2. The molecule has 0 aliphatic heterocycles. The smallest absolute Gasteiger partial charge is 0.264 e. The Labute approximate surface area is 253 Å². The average Bonchev–Trinajstić information content (AvgIpc) is 2.92. The van der Waals surface area contributed by atoms with E-state index in [1.165, 1.54) is 17.0 Å². The van der Waals surface area contributed by atoms with E-state index in [9.17, 15) is 18.0 Å². The predicted octanol–water partition coefficient (Wildman–Crippen LogP) is 5.90. The quantitative estimate of drug-likeness (QED) is 0.259. The van der Waals surface area contributed by atoms with Crippen LogP contribution < -0.4 is 14.4 Å². The van der Waals surface area contributed by atoms with Crippen molar-refractivity contribution in [2.24, 2.45) is 0 Å². The highest BCUT2D eigenvalue weighted by molar-refractivity contribution is 9.10. The molecule has 0 saturated carbocycles. The number of carbonyl (C=O) groups is 2.